The number of nitrogens with one attached hydrogen (secondary N) is 1. The van der Waals surface area contributed by atoms with E-state index in [9.17, 15) is 4.79 Å². The minimum Gasteiger partial charge on any atom is -0.398 e. The zero-order valence-corrected chi connectivity index (χ0v) is 15.6. The highest BCUT2D eigenvalue weighted by Crippen LogP contribution is 2.29. The van der Waals surface area contributed by atoms with Gasteiger partial charge in [-0.3, -0.25) is 4.79 Å². The van der Waals surface area contributed by atoms with Crippen LogP contribution in [0.4, 0.5) is 5.69 Å². The molecule has 136 valence electrons. The van der Waals surface area contributed by atoms with E-state index >= 15 is 0 Å². The van der Waals surface area contributed by atoms with Crippen molar-refractivity contribution in [1.82, 2.24) is 14.6 Å². The van der Waals surface area contributed by atoms with Crippen LogP contribution in [0.2, 0.25) is 0 Å². The summed E-state index contributed by atoms with van der Waals surface area (Å²) in [5.74, 6) is 0. The molecule has 0 unspecified atom stereocenters. The Kier molecular flexibility index (Phi) is 5.00. The number of nitrogens with zero attached hydrogens (tertiary/aromatic N) is 5. The maximum Gasteiger partial charge on any atom is 0.230 e. The Balaban J connectivity index is 1.94. The Bertz CT molecular complexity index is 1100. The Labute approximate surface area is 159 Å². The fourth-order valence-electron chi connectivity index (χ4n) is 2.78. The number of aryl methyl sites for hydroxylation is 1. The van der Waals surface area contributed by atoms with E-state index in [4.69, 9.17) is 16.4 Å². The molecule has 8 nitrogen and oxygen atoms in total. The predicted molar refractivity (Wildman–Crippen MR) is 106 cm³/mol. The van der Waals surface area contributed by atoms with Crippen LogP contribution in [0.15, 0.2) is 23.3 Å². The molecular weight excluding hydrogens is 362 g/mol. The number of carbonyl (C=O) groups excluding carboxylic acids is 1. The van der Waals surface area contributed by atoms with Crippen molar-refractivity contribution in [2.24, 2.45) is 12.1 Å². The van der Waals surface area contributed by atoms with Gasteiger partial charge in [-0.05, 0) is 18.6 Å². The fraction of sp³-hybridized carbons (Fsp3) is 0.167. The number of carbonyl (C=O) groups is 1. The summed E-state index contributed by atoms with van der Waals surface area (Å²) < 4.78 is 2.75. The number of nitrogens with two attached hydrogens (primary N) is 1. The van der Waals surface area contributed by atoms with Crippen molar-refractivity contribution in [1.29, 1.82) is 10.7 Å². The number of nitrogen functional groups attached to an aromatic ring is 1. The van der Waals surface area contributed by atoms with Crippen LogP contribution in [0.3, 0.4) is 0 Å². The smallest absolute Gasteiger partial charge is 0.230 e. The molecule has 2 heterocycles. The van der Waals surface area contributed by atoms with Gasteiger partial charge in [0.15, 0.2) is 10.7 Å². The molecule has 2 aromatic heterocycles. The molecule has 1 amide bonds. The van der Waals surface area contributed by atoms with Gasteiger partial charge in [-0.2, -0.15) is 10.4 Å². The number of aromatic nitrogens is 2. The third-order valence-electron chi connectivity index (χ3n) is 4.32. The van der Waals surface area contributed by atoms with Crippen LogP contribution in [-0.4, -0.2) is 33.4 Å². The van der Waals surface area contributed by atoms with Crippen LogP contribution in [0, 0.1) is 23.7 Å². The van der Waals surface area contributed by atoms with E-state index in [1.165, 1.54) is 22.6 Å². The molecular formula is C18H17N7OS. The van der Waals surface area contributed by atoms with Crippen LogP contribution in [0.5, 0.6) is 0 Å². The van der Waals surface area contributed by atoms with E-state index in [1.807, 2.05) is 18.5 Å². The molecule has 0 bridgehead atoms. The molecule has 3 aromatic rings. The van der Waals surface area contributed by atoms with Crippen molar-refractivity contribution in [3.63, 3.8) is 0 Å². The zero-order chi connectivity index (χ0) is 19.6. The number of benzene rings is 1. The highest BCUT2D eigenvalue weighted by molar-refractivity contribution is 7.19. The third-order valence-corrected chi connectivity index (χ3v) is 5.31. The molecule has 0 radical (unpaired) electrons. The first kappa shape index (κ1) is 18.3. The summed E-state index contributed by atoms with van der Waals surface area (Å²) >= 11 is 1.29. The average Bonchev–Trinajstić information content (AvgIpc) is 3.18. The number of fused-ring (bicyclic) bond motifs is 1. The topological polar surface area (TPSA) is 124 Å². The summed E-state index contributed by atoms with van der Waals surface area (Å²) in [6.07, 6.45) is 3.39. The van der Waals surface area contributed by atoms with E-state index < -0.39 is 0 Å². The monoisotopic (exact) mass is 379 g/mol. The minimum absolute atomic E-state index is 0.191. The SMILES string of the molecule is Cc1c(/C=N\N(C=O)Cc2cccc(N)c2C=N)c2sc(C#N)nc2n1C. The molecule has 3 rings (SSSR count). The Morgan fingerprint density at radius 3 is 2.93 bits per heavy atom. The number of thiazole rings is 1. The third kappa shape index (κ3) is 3.30. The number of hydrazone groups is 1. The first-order chi connectivity index (χ1) is 13.0. The minimum atomic E-state index is 0.191. The van der Waals surface area contributed by atoms with Crippen molar-refractivity contribution in [3.8, 4) is 6.07 Å². The molecule has 3 N–H and O–H groups in total. The van der Waals surface area contributed by atoms with Crippen LogP contribution in [0.25, 0.3) is 10.3 Å². The Hall–Kier alpha value is -3.51. The number of rotatable bonds is 6. The van der Waals surface area contributed by atoms with Gasteiger partial charge in [-0.25, -0.2) is 9.99 Å². The molecule has 0 saturated heterocycles. The largest absolute Gasteiger partial charge is 0.398 e. The highest BCUT2D eigenvalue weighted by atomic mass is 32.1. The molecule has 0 spiro atoms. The summed E-state index contributed by atoms with van der Waals surface area (Å²) in [5.41, 5.74) is 10.1. The lowest BCUT2D eigenvalue weighted by molar-refractivity contribution is -0.118. The van der Waals surface area contributed by atoms with Gasteiger partial charge < -0.3 is 15.7 Å². The van der Waals surface area contributed by atoms with Gasteiger partial charge in [0.25, 0.3) is 0 Å². The first-order valence-corrected chi connectivity index (χ1v) is 8.81. The second-order valence-electron chi connectivity index (χ2n) is 5.85. The van der Waals surface area contributed by atoms with Crippen molar-refractivity contribution in [2.45, 2.75) is 13.5 Å². The number of nitriles is 1. The van der Waals surface area contributed by atoms with Gasteiger partial charge in [0.1, 0.15) is 6.07 Å². The molecule has 27 heavy (non-hydrogen) atoms. The Morgan fingerprint density at radius 2 is 2.26 bits per heavy atom. The fourth-order valence-corrected chi connectivity index (χ4v) is 3.73. The predicted octanol–water partition coefficient (Wildman–Crippen LogP) is 2.39. The zero-order valence-electron chi connectivity index (χ0n) is 14.8. The standard InChI is InChI=1S/C18H17N7OS/c1-11-14(17-18(24(11)2)23-16(7-20)27-17)8-22-25(10-26)9-12-4-3-5-15(21)13(12)6-19/h3-6,8,10,19H,9,21H2,1-2H3/b19-6?,22-8-. The van der Waals surface area contributed by atoms with Crippen LogP contribution < -0.4 is 5.73 Å². The summed E-state index contributed by atoms with van der Waals surface area (Å²) in [4.78, 5) is 15.8. The highest BCUT2D eigenvalue weighted by Gasteiger charge is 2.16. The molecule has 0 saturated carbocycles. The average molecular weight is 379 g/mol. The molecule has 1 aromatic carbocycles. The summed E-state index contributed by atoms with van der Waals surface area (Å²) in [5, 5.41) is 22.5. The van der Waals surface area contributed by atoms with Crippen LogP contribution in [0.1, 0.15) is 27.4 Å². The van der Waals surface area contributed by atoms with Gasteiger partial charge in [-0.1, -0.05) is 12.1 Å². The Morgan fingerprint density at radius 1 is 1.48 bits per heavy atom. The van der Waals surface area contributed by atoms with Gasteiger partial charge in [-0.15, -0.1) is 11.3 Å². The summed E-state index contributed by atoms with van der Waals surface area (Å²) in [6, 6.07) is 7.34. The molecule has 0 atom stereocenters. The van der Waals surface area contributed by atoms with Crippen molar-refractivity contribution < 1.29 is 4.79 Å². The van der Waals surface area contributed by atoms with Crippen molar-refractivity contribution in [3.05, 3.63) is 45.6 Å². The normalized spacial score (nSPS) is 11.0. The molecule has 0 fully saturated rings. The number of hydrogen-bond acceptors (Lipinski definition) is 7. The number of amides is 1. The van der Waals surface area contributed by atoms with E-state index in [2.05, 4.69) is 16.2 Å². The molecule has 0 aliphatic heterocycles. The molecule has 9 heteroatoms. The van der Waals surface area contributed by atoms with Gasteiger partial charge in [0.05, 0.1) is 17.5 Å². The lowest BCUT2D eigenvalue weighted by Crippen LogP contribution is -2.16. The quantitative estimate of drug-likeness (QED) is 0.295. The van der Waals surface area contributed by atoms with Gasteiger partial charge in [0.2, 0.25) is 6.41 Å². The molecule has 0 aliphatic carbocycles. The maximum atomic E-state index is 11.5. The second kappa shape index (κ2) is 7.39. The maximum absolute atomic E-state index is 11.5. The van der Waals surface area contributed by atoms with Gasteiger partial charge >= 0.3 is 0 Å². The first-order valence-electron chi connectivity index (χ1n) is 7.99. The van der Waals surface area contributed by atoms with E-state index in [1.54, 1.807) is 24.4 Å². The van der Waals surface area contributed by atoms with Crippen molar-refractivity contribution in [2.75, 3.05) is 5.73 Å². The van der Waals surface area contributed by atoms with Gasteiger partial charge in [0, 0.05) is 35.8 Å². The second-order valence-corrected chi connectivity index (χ2v) is 6.85. The summed E-state index contributed by atoms with van der Waals surface area (Å²) in [7, 11) is 1.87. The van der Waals surface area contributed by atoms with E-state index in [0.717, 1.165) is 27.2 Å². The number of anilines is 1. The number of hydrogen-bond donors (Lipinski definition) is 2. The molecule has 0 aliphatic rings. The lowest BCUT2D eigenvalue weighted by Gasteiger charge is -2.14. The van der Waals surface area contributed by atoms with Crippen LogP contribution in [-0.2, 0) is 18.4 Å². The van der Waals surface area contributed by atoms with Crippen molar-refractivity contribution >= 4 is 46.2 Å². The lowest BCUT2D eigenvalue weighted by atomic mass is 10.1. The van der Waals surface area contributed by atoms with E-state index in [0.29, 0.717) is 22.7 Å². The summed E-state index contributed by atoms with van der Waals surface area (Å²) in [6.45, 7) is 2.12. The van der Waals surface area contributed by atoms with E-state index in [-0.39, 0.29) is 6.54 Å². The van der Waals surface area contributed by atoms with Crippen LogP contribution >= 0.6 is 11.3 Å².